The third kappa shape index (κ3) is 4.22. The molecule has 0 aliphatic carbocycles. The number of fused-ring (bicyclic) bond motifs is 2. The summed E-state index contributed by atoms with van der Waals surface area (Å²) in [6.45, 7) is -0.582. The fraction of sp³-hybridized carbons (Fsp3) is 0.208. The van der Waals surface area contributed by atoms with Gasteiger partial charge in [0.2, 0.25) is 0 Å². The first-order chi connectivity index (χ1) is 14.5. The standard InChI is InChI=1S/C24H23NO4S/c25-24(14-26,15-27)11-10-16-6-8-21-19(12-16)23(28)20-13-18(7-9-22(20)30-21)29-17-4-2-1-3-5-17/h1-9,12-13,26-27H,10-11,14-15,25H2. The highest BCUT2D eigenvalue weighted by Crippen LogP contribution is 2.30. The largest absolute Gasteiger partial charge is 0.457 e. The first-order valence-electron chi connectivity index (χ1n) is 9.74. The maximum Gasteiger partial charge on any atom is 0.196 e. The van der Waals surface area contributed by atoms with Crippen LogP contribution in [0.25, 0.3) is 20.2 Å². The van der Waals surface area contributed by atoms with Crippen LogP contribution >= 0.6 is 11.3 Å². The molecule has 0 saturated heterocycles. The van der Waals surface area contributed by atoms with Gasteiger partial charge in [0.1, 0.15) is 11.5 Å². The van der Waals surface area contributed by atoms with Gasteiger partial charge in [0.05, 0.1) is 18.8 Å². The molecule has 0 radical (unpaired) electrons. The summed E-state index contributed by atoms with van der Waals surface area (Å²) in [5.74, 6) is 1.33. The van der Waals surface area contributed by atoms with E-state index in [0.29, 0.717) is 35.1 Å². The molecule has 0 fully saturated rings. The van der Waals surface area contributed by atoms with Crippen LogP contribution in [-0.2, 0) is 6.42 Å². The zero-order valence-corrected chi connectivity index (χ0v) is 17.2. The minimum absolute atomic E-state index is 0.0394. The average Bonchev–Trinajstić information content (AvgIpc) is 2.79. The Morgan fingerprint density at radius 1 is 0.867 bits per heavy atom. The molecule has 0 unspecified atom stereocenters. The highest BCUT2D eigenvalue weighted by Gasteiger charge is 2.22. The number of aryl methyl sites for hydroxylation is 1. The van der Waals surface area contributed by atoms with Gasteiger partial charge in [0.15, 0.2) is 5.43 Å². The summed E-state index contributed by atoms with van der Waals surface area (Å²) in [5.41, 5.74) is 5.85. The maximum atomic E-state index is 13.2. The molecule has 0 bridgehead atoms. The van der Waals surface area contributed by atoms with Crippen LogP contribution in [0.2, 0.25) is 0 Å². The van der Waals surface area contributed by atoms with Crippen LogP contribution in [0.15, 0.2) is 71.5 Å². The molecule has 3 aromatic carbocycles. The van der Waals surface area contributed by atoms with Gasteiger partial charge >= 0.3 is 0 Å². The Morgan fingerprint density at radius 2 is 1.53 bits per heavy atom. The topological polar surface area (TPSA) is 92.8 Å². The number of benzene rings is 3. The molecule has 30 heavy (non-hydrogen) atoms. The highest BCUT2D eigenvalue weighted by atomic mass is 32.1. The summed E-state index contributed by atoms with van der Waals surface area (Å²) in [5, 5.41) is 20.0. The number of para-hydroxylation sites is 1. The van der Waals surface area contributed by atoms with Gasteiger partial charge in [-0.25, -0.2) is 0 Å². The van der Waals surface area contributed by atoms with Crippen molar-refractivity contribution >= 4 is 31.5 Å². The van der Waals surface area contributed by atoms with Gasteiger partial charge in [-0.3, -0.25) is 4.79 Å². The molecule has 154 valence electrons. The summed E-state index contributed by atoms with van der Waals surface area (Å²) in [4.78, 5) is 13.2. The normalized spacial score (nSPS) is 11.8. The van der Waals surface area contributed by atoms with Crippen LogP contribution < -0.4 is 15.9 Å². The predicted molar refractivity (Wildman–Crippen MR) is 122 cm³/mol. The Morgan fingerprint density at radius 3 is 2.23 bits per heavy atom. The average molecular weight is 422 g/mol. The molecule has 4 rings (SSSR count). The van der Waals surface area contributed by atoms with Crippen LogP contribution in [0.1, 0.15) is 12.0 Å². The number of ether oxygens (including phenoxy) is 1. The van der Waals surface area contributed by atoms with Crippen molar-refractivity contribution in [2.75, 3.05) is 13.2 Å². The predicted octanol–water partition coefficient (Wildman–Crippen LogP) is 3.82. The molecular weight excluding hydrogens is 398 g/mol. The van der Waals surface area contributed by atoms with E-state index in [-0.39, 0.29) is 18.6 Å². The second-order valence-corrected chi connectivity index (χ2v) is 8.60. The van der Waals surface area contributed by atoms with Crippen LogP contribution in [-0.4, -0.2) is 29.0 Å². The van der Waals surface area contributed by atoms with E-state index < -0.39 is 5.54 Å². The molecular formula is C24H23NO4S. The first kappa shape index (κ1) is 20.5. The summed E-state index contributed by atoms with van der Waals surface area (Å²) in [6, 6.07) is 20.8. The van der Waals surface area contributed by atoms with Crippen molar-refractivity contribution in [3.05, 3.63) is 82.5 Å². The molecule has 4 aromatic rings. The molecule has 5 nitrogen and oxygen atoms in total. The summed E-state index contributed by atoms with van der Waals surface area (Å²) in [7, 11) is 0. The molecule has 4 N–H and O–H groups in total. The molecule has 0 amide bonds. The van der Waals surface area contributed by atoms with E-state index in [1.54, 1.807) is 17.4 Å². The second-order valence-electron chi connectivity index (χ2n) is 7.51. The van der Waals surface area contributed by atoms with Gasteiger partial charge in [-0.2, -0.15) is 0 Å². The van der Waals surface area contributed by atoms with E-state index in [0.717, 1.165) is 15.0 Å². The van der Waals surface area contributed by atoms with Gasteiger partial charge in [-0.05, 0) is 60.9 Å². The number of hydrogen-bond acceptors (Lipinski definition) is 6. The van der Waals surface area contributed by atoms with Crippen LogP contribution in [0.3, 0.4) is 0 Å². The third-order valence-electron chi connectivity index (χ3n) is 5.22. The highest BCUT2D eigenvalue weighted by molar-refractivity contribution is 7.24. The Balaban J connectivity index is 1.69. The van der Waals surface area contributed by atoms with Crippen molar-refractivity contribution in [3.8, 4) is 11.5 Å². The van der Waals surface area contributed by atoms with Crippen LogP contribution in [0, 0.1) is 0 Å². The molecule has 0 aliphatic heterocycles. The Bertz CT molecular complexity index is 1230. The van der Waals surface area contributed by atoms with E-state index in [9.17, 15) is 15.0 Å². The summed E-state index contributed by atoms with van der Waals surface area (Å²) in [6.07, 6.45) is 0.985. The Labute approximate surface area is 178 Å². The van der Waals surface area contributed by atoms with E-state index in [1.807, 2.05) is 60.7 Å². The van der Waals surface area contributed by atoms with Gasteiger partial charge in [0.25, 0.3) is 0 Å². The lowest BCUT2D eigenvalue weighted by Gasteiger charge is -2.24. The fourth-order valence-electron chi connectivity index (χ4n) is 3.33. The molecule has 0 aliphatic rings. The minimum atomic E-state index is -1.02. The van der Waals surface area contributed by atoms with E-state index in [1.165, 1.54) is 0 Å². The smallest absolute Gasteiger partial charge is 0.196 e. The zero-order valence-electron chi connectivity index (χ0n) is 16.4. The molecule has 0 atom stereocenters. The first-order valence-corrected chi connectivity index (χ1v) is 10.6. The number of nitrogens with two attached hydrogens (primary N) is 1. The second kappa shape index (κ2) is 8.53. The maximum absolute atomic E-state index is 13.2. The molecule has 6 heteroatoms. The lowest BCUT2D eigenvalue weighted by atomic mass is 9.93. The minimum Gasteiger partial charge on any atom is -0.457 e. The molecule has 0 saturated carbocycles. The Hall–Kier alpha value is -2.77. The number of hydrogen-bond donors (Lipinski definition) is 3. The van der Waals surface area contributed by atoms with Crippen LogP contribution in [0.4, 0.5) is 0 Å². The number of aliphatic hydroxyl groups is 2. The van der Waals surface area contributed by atoms with E-state index in [2.05, 4.69) is 0 Å². The van der Waals surface area contributed by atoms with Gasteiger partial charge < -0.3 is 20.7 Å². The summed E-state index contributed by atoms with van der Waals surface area (Å²) < 4.78 is 7.70. The van der Waals surface area contributed by atoms with Crippen molar-refractivity contribution in [2.24, 2.45) is 5.73 Å². The lowest BCUT2D eigenvalue weighted by Crippen LogP contribution is -2.47. The molecule has 1 aromatic heterocycles. The van der Waals surface area contributed by atoms with E-state index >= 15 is 0 Å². The Kier molecular flexibility index (Phi) is 5.83. The quantitative estimate of drug-likeness (QED) is 0.395. The zero-order chi connectivity index (χ0) is 21.1. The number of rotatable bonds is 7. The monoisotopic (exact) mass is 421 g/mol. The van der Waals surface area contributed by atoms with Gasteiger partial charge in [-0.1, -0.05) is 24.3 Å². The van der Waals surface area contributed by atoms with Crippen molar-refractivity contribution in [3.63, 3.8) is 0 Å². The van der Waals surface area contributed by atoms with Crippen LogP contribution in [0.5, 0.6) is 11.5 Å². The fourth-order valence-corrected chi connectivity index (χ4v) is 4.36. The molecule has 1 heterocycles. The SMILES string of the molecule is NC(CO)(CO)CCc1ccc2sc3ccc(Oc4ccccc4)cc3c(=O)c2c1. The van der Waals surface area contributed by atoms with Crippen molar-refractivity contribution in [1.29, 1.82) is 0 Å². The summed E-state index contributed by atoms with van der Waals surface area (Å²) >= 11 is 1.56. The van der Waals surface area contributed by atoms with Crippen molar-refractivity contribution in [2.45, 2.75) is 18.4 Å². The van der Waals surface area contributed by atoms with E-state index in [4.69, 9.17) is 10.5 Å². The molecule has 0 spiro atoms. The van der Waals surface area contributed by atoms with Gasteiger partial charge in [0, 0.05) is 20.2 Å². The number of aliphatic hydroxyl groups excluding tert-OH is 2. The van der Waals surface area contributed by atoms with Crippen molar-refractivity contribution in [1.82, 2.24) is 0 Å². The van der Waals surface area contributed by atoms with Crippen molar-refractivity contribution < 1.29 is 14.9 Å². The third-order valence-corrected chi connectivity index (χ3v) is 6.38. The lowest BCUT2D eigenvalue weighted by molar-refractivity contribution is 0.115. The van der Waals surface area contributed by atoms with Gasteiger partial charge in [-0.15, -0.1) is 11.3 Å².